The van der Waals surface area contributed by atoms with Gasteiger partial charge in [0.05, 0.1) is 6.54 Å². The molecular weight excluding hydrogens is 328 g/mol. The van der Waals surface area contributed by atoms with Crippen molar-refractivity contribution in [2.24, 2.45) is 5.92 Å². The Morgan fingerprint density at radius 3 is 2.46 bits per heavy atom. The second-order valence-corrected chi connectivity index (χ2v) is 7.58. The highest BCUT2D eigenvalue weighted by Crippen LogP contribution is 2.25. The van der Waals surface area contributed by atoms with Crippen molar-refractivity contribution in [3.8, 4) is 0 Å². The molecule has 6 heteroatoms. The third kappa shape index (κ3) is 4.01. The van der Waals surface area contributed by atoms with Crippen molar-refractivity contribution in [3.63, 3.8) is 0 Å². The van der Waals surface area contributed by atoms with Crippen LogP contribution in [0.4, 0.5) is 5.69 Å². The summed E-state index contributed by atoms with van der Waals surface area (Å²) in [6.45, 7) is 5.39. The van der Waals surface area contributed by atoms with Gasteiger partial charge in [0.2, 0.25) is 0 Å². The number of piperazine rings is 1. The van der Waals surface area contributed by atoms with Gasteiger partial charge in [-0.25, -0.2) is 4.79 Å². The summed E-state index contributed by atoms with van der Waals surface area (Å²) >= 11 is 0. The first-order valence-corrected chi connectivity index (χ1v) is 9.87. The molecule has 1 saturated carbocycles. The molecule has 2 heterocycles. The fraction of sp³-hybridized carbons (Fsp3) is 0.600. The van der Waals surface area contributed by atoms with E-state index in [1.165, 1.54) is 37.8 Å². The van der Waals surface area contributed by atoms with Gasteiger partial charge < -0.3 is 4.90 Å². The molecule has 2 fully saturated rings. The van der Waals surface area contributed by atoms with E-state index in [2.05, 4.69) is 45.3 Å². The molecule has 1 aliphatic heterocycles. The Balaban J connectivity index is 1.35. The van der Waals surface area contributed by atoms with Gasteiger partial charge >= 0.3 is 5.76 Å². The van der Waals surface area contributed by atoms with E-state index in [1.807, 2.05) is 0 Å². The Hall–Kier alpha value is -2.08. The van der Waals surface area contributed by atoms with Gasteiger partial charge in [-0.1, -0.05) is 42.6 Å². The Kier molecular flexibility index (Phi) is 5.39. The zero-order chi connectivity index (χ0) is 17.8. The second-order valence-electron chi connectivity index (χ2n) is 7.58. The quantitative estimate of drug-likeness (QED) is 0.824. The lowest BCUT2D eigenvalue weighted by Gasteiger charge is -2.35. The molecule has 4 rings (SSSR count). The van der Waals surface area contributed by atoms with Gasteiger partial charge in [-0.2, -0.15) is 0 Å². The lowest BCUT2D eigenvalue weighted by molar-refractivity contribution is 0.233. The van der Waals surface area contributed by atoms with Crippen molar-refractivity contribution in [1.29, 1.82) is 0 Å². The van der Waals surface area contributed by atoms with Crippen LogP contribution in [0.15, 0.2) is 39.6 Å². The summed E-state index contributed by atoms with van der Waals surface area (Å²) in [5.74, 6) is 1.08. The summed E-state index contributed by atoms with van der Waals surface area (Å²) in [5, 5.41) is 4.07. The van der Waals surface area contributed by atoms with Crippen molar-refractivity contribution >= 4 is 5.69 Å². The van der Waals surface area contributed by atoms with Gasteiger partial charge in [-0.15, -0.1) is 0 Å². The van der Waals surface area contributed by atoms with Crippen LogP contribution in [0.1, 0.15) is 37.9 Å². The Labute approximate surface area is 154 Å². The largest absolute Gasteiger partial charge is 0.441 e. The number of benzene rings is 1. The summed E-state index contributed by atoms with van der Waals surface area (Å²) in [7, 11) is 0. The summed E-state index contributed by atoms with van der Waals surface area (Å²) in [6.07, 6.45) is 6.32. The molecule has 6 nitrogen and oxygen atoms in total. The molecule has 0 atom stereocenters. The average Bonchev–Trinajstić information content (AvgIpc) is 3.03. The lowest BCUT2D eigenvalue weighted by atomic mass is 9.89. The summed E-state index contributed by atoms with van der Waals surface area (Å²) in [5.41, 5.74) is 1.28. The molecule has 1 saturated heterocycles. The van der Waals surface area contributed by atoms with Crippen molar-refractivity contribution in [2.75, 3.05) is 31.1 Å². The van der Waals surface area contributed by atoms with Crippen molar-refractivity contribution in [2.45, 2.75) is 45.2 Å². The van der Waals surface area contributed by atoms with E-state index in [9.17, 15) is 4.79 Å². The number of nitrogens with zero attached hydrogens (tertiary/aromatic N) is 4. The minimum absolute atomic E-state index is 0.298. The number of hydrogen-bond acceptors (Lipinski definition) is 5. The van der Waals surface area contributed by atoms with Crippen molar-refractivity contribution in [3.05, 3.63) is 46.7 Å². The number of para-hydroxylation sites is 1. The SMILES string of the molecule is O=c1onc(CN2CCN(c3ccccc3)CC2)n1CC1CCCCC1. The van der Waals surface area contributed by atoms with Crippen LogP contribution >= 0.6 is 0 Å². The fourth-order valence-corrected chi connectivity index (χ4v) is 4.22. The van der Waals surface area contributed by atoms with E-state index >= 15 is 0 Å². The van der Waals surface area contributed by atoms with Crippen molar-refractivity contribution < 1.29 is 4.52 Å². The molecule has 1 aromatic carbocycles. The number of aromatic nitrogens is 2. The molecule has 0 radical (unpaired) electrons. The molecule has 0 spiro atoms. The fourth-order valence-electron chi connectivity index (χ4n) is 4.22. The van der Waals surface area contributed by atoms with Crippen LogP contribution in [-0.4, -0.2) is 40.8 Å². The molecule has 0 bridgehead atoms. The highest BCUT2D eigenvalue weighted by Gasteiger charge is 2.22. The molecule has 0 unspecified atom stereocenters. The first-order chi connectivity index (χ1) is 12.8. The highest BCUT2D eigenvalue weighted by atomic mass is 16.5. The van der Waals surface area contributed by atoms with E-state index < -0.39 is 0 Å². The van der Waals surface area contributed by atoms with E-state index in [-0.39, 0.29) is 5.76 Å². The van der Waals surface area contributed by atoms with Gasteiger partial charge in [0.15, 0.2) is 5.82 Å². The summed E-state index contributed by atoms with van der Waals surface area (Å²) in [6, 6.07) is 10.5. The Morgan fingerprint density at radius 2 is 1.73 bits per heavy atom. The van der Waals surface area contributed by atoms with E-state index in [0.29, 0.717) is 12.5 Å². The number of hydrogen-bond donors (Lipinski definition) is 0. The average molecular weight is 356 g/mol. The third-order valence-electron chi connectivity index (χ3n) is 5.79. The smallest absolute Gasteiger partial charge is 0.369 e. The standard InChI is InChI=1S/C20H28N4O2/c25-20-24(15-17-7-3-1-4-8-17)19(21-26-20)16-22-11-13-23(14-12-22)18-9-5-2-6-10-18/h2,5-6,9-10,17H,1,3-4,7-8,11-16H2. The Bertz CT molecular complexity index is 741. The maximum Gasteiger partial charge on any atom is 0.441 e. The van der Waals surface area contributed by atoms with Crippen LogP contribution in [0.5, 0.6) is 0 Å². The molecule has 1 aliphatic carbocycles. The van der Waals surface area contributed by atoms with Crippen LogP contribution in [-0.2, 0) is 13.1 Å². The second kappa shape index (κ2) is 8.08. The van der Waals surface area contributed by atoms with Gasteiger partial charge in [0.25, 0.3) is 0 Å². The lowest BCUT2D eigenvalue weighted by Crippen LogP contribution is -2.46. The van der Waals surface area contributed by atoms with Crippen LogP contribution in [0, 0.1) is 5.92 Å². The predicted molar refractivity (Wildman–Crippen MR) is 101 cm³/mol. The van der Waals surface area contributed by atoms with Crippen LogP contribution in [0.3, 0.4) is 0 Å². The normalized spacial score (nSPS) is 19.8. The minimum Gasteiger partial charge on any atom is -0.369 e. The van der Waals surface area contributed by atoms with E-state index in [0.717, 1.165) is 38.5 Å². The minimum atomic E-state index is -0.298. The van der Waals surface area contributed by atoms with Gasteiger partial charge in [-0.3, -0.25) is 14.0 Å². The number of rotatable bonds is 5. The summed E-state index contributed by atoms with van der Waals surface area (Å²) < 4.78 is 6.77. The first-order valence-electron chi connectivity index (χ1n) is 9.87. The van der Waals surface area contributed by atoms with E-state index in [1.54, 1.807) is 4.57 Å². The number of anilines is 1. The molecule has 0 N–H and O–H groups in total. The molecule has 1 aromatic heterocycles. The van der Waals surface area contributed by atoms with Crippen LogP contribution < -0.4 is 10.7 Å². The predicted octanol–water partition coefficient (Wildman–Crippen LogP) is 2.74. The van der Waals surface area contributed by atoms with Gasteiger partial charge in [0, 0.05) is 38.4 Å². The molecule has 0 amide bonds. The van der Waals surface area contributed by atoms with Crippen LogP contribution in [0.2, 0.25) is 0 Å². The molecular formula is C20H28N4O2. The summed E-state index contributed by atoms with van der Waals surface area (Å²) in [4.78, 5) is 16.9. The Morgan fingerprint density at radius 1 is 1.00 bits per heavy atom. The van der Waals surface area contributed by atoms with Crippen LogP contribution in [0.25, 0.3) is 0 Å². The van der Waals surface area contributed by atoms with Gasteiger partial charge in [-0.05, 0) is 30.9 Å². The third-order valence-corrected chi connectivity index (χ3v) is 5.79. The zero-order valence-electron chi connectivity index (χ0n) is 15.3. The first kappa shape index (κ1) is 17.3. The maximum absolute atomic E-state index is 12.1. The monoisotopic (exact) mass is 356 g/mol. The zero-order valence-corrected chi connectivity index (χ0v) is 15.3. The topological polar surface area (TPSA) is 54.5 Å². The molecule has 140 valence electrons. The van der Waals surface area contributed by atoms with E-state index in [4.69, 9.17) is 4.52 Å². The maximum atomic E-state index is 12.1. The molecule has 2 aromatic rings. The van der Waals surface area contributed by atoms with Gasteiger partial charge in [0.1, 0.15) is 0 Å². The molecule has 2 aliphatic rings. The molecule has 26 heavy (non-hydrogen) atoms. The van der Waals surface area contributed by atoms with Crippen molar-refractivity contribution in [1.82, 2.24) is 14.6 Å². The highest BCUT2D eigenvalue weighted by molar-refractivity contribution is 5.46.